The average Bonchev–Trinajstić information content (AvgIpc) is 3.03. The van der Waals surface area contributed by atoms with Gasteiger partial charge in [-0.25, -0.2) is 9.78 Å². The summed E-state index contributed by atoms with van der Waals surface area (Å²) in [5.74, 6) is -0.701. The maximum Gasteiger partial charge on any atom is 0.332 e. The molecule has 1 unspecified atom stereocenters. The van der Waals surface area contributed by atoms with Gasteiger partial charge in [0.15, 0.2) is 11.9 Å². The molecule has 8 heteroatoms. The summed E-state index contributed by atoms with van der Waals surface area (Å²) in [6.45, 7) is -1.50. The molecule has 3 rings (SSSR count). The lowest BCUT2D eigenvalue weighted by molar-refractivity contribution is -0.155. The number of rotatable bonds is 7. The van der Waals surface area contributed by atoms with Crippen LogP contribution in [0.4, 0.5) is 8.78 Å². The van der Waals surface area contributed by atoms with Crippen LogP contribution >= 0.6 is 11.6 Å². The van der Waals surface area contributed by atoms with E-state index >= 15 is 0 Å². The van der Waals surface area contributed by atoms with Gasteiger partial charge in [0.1, 0.15) is 6.61 Å². The number of ether oxygens (including phenoxy) is 2. The summed E-state index contributed by atoms with van der Waals surface area (Å²) in [7, 11) is 0. The highest BCUT2D eigenvalue weighted by Gasteiger charge is 2.24. The Morgan fingerprint density at radius 2 is 1.89 bits per heavy atom. The van der Waals surface area contributed by atoms with Gasteiger partial charge >= 0.3 is 12.5 Å². The fourth-order valence-electron chi connectivity index (χ4n) is 2.70. The van der Waals surface area contributed by atoms with Crippen molar-refractivity contribution < 1.29 is 23.0 Å². The number of nitrogens with zero attached hydrogens (tertiary/aromatic N) is 2. The average molecular weight is 395 g/mol. The largest absolute Gasteiger partial charge is 0.453 e. The molecule has 0 saturated heterocycles. The molecule has 3 aromatic rings. The molecule has 0 spiro atoms. The Labute approximate surface area is 159 Å². The lowest BCUT2D eigenvalue weighted by Gasteiger charge is -2.15. The Morgan fingerprint density at radius 3 is 2.63 bits per heavy atom. The Kier molecular flexibility index (Phi) is 6.03. The quantitative estimate of drug-likeness (QED) is 0.534. The molecule has 0 aliphatic heterocycles. The monoisotopic (exact) mass is 394 g/mol. The summed E-state index contributed by atoms with van der Waals surface area (Å²) < 4.78 is 38.2. The lowest BCUT2D eigenvalue weighted by atomic mass is 10.2. The molecular formula is C19H17ClF2N2O3. The van der Waals surface area contributed by atoms with E-state index in [1.54, 1.807) is 48.5 Å². The number of halogens is 3. The second kappa shape index (κ2) is 8.45. The minimum Gasteiger partial charge on any atom is -0.453 e. The highest BCUT2D eigenvalue weighted by Crippen LogP contribution is 2.28. The van der Waals surface area contributed by atoms with E-state index in [-0.39, 0.29) is 24.6 Å². The molecule has 27 heavy (non-hydrogen) atoms. The van der Waals surface area contributed by atoms with Crippen molar-refractivity contribution in [3.8, 4) is 0 Å². The molecule has 0 radical (unpaired) electrons. The number of carbonyl (C=O) groups excluding carboxylic acids is 1. The Balaban J connectivity index is 1.64. The van der Waals surface area contributed by atoms with Crippen molar-refractivity contribution in [3.05, 3.63) is 64.9 Å². The standard InChI is InChI=1S/C19H17ClF2N2O3/c1-12(18-23-15-8-4-5-9-16(15)24(18)19(21)22)27-17(25)11-26-10-13-6-2-3-7-14(13)20/h2-9,12,19H,10-11H2,1H3. The second-order valence-electron chi connectivity index (χ2n) is 5.82. The van der Waals surface area contributed by atoms with Gasteiger partial charge in [-0.15, -0.1) is 0 Å². The number of imidazole rings is 1. The maximum atomic E-state index is 13.5. The van der Waals surface area contributed by atoms with E-state index in [9.17, 15) is 13.6 Å². The summed E-state index contributed by atoms with van der Waals surface area (Å²) in [4.78, 5) is 16.2. The van der Waals surface area contributed by atoms with Gasteiger partial charge in [-0.2, -0.15) is 8.78 Å². The van der Waals surface area contributed by atoms with Crippen LogP contribution in [0.25, 0.3) is 11.0 Å². The molecule has 1 atom stereocenters. The number of fused-ring (bicyclic) bond motifs is 1. The summed E-state index contributed by atoms with van der Waals surface area (Å²) in [6.07, 6.45) is -0.956. The zero-order valence-electron chi connectivity index (χ0n) is 14.4. The fourth-order valence-corrected chi connectivity index (χ4v) is 2.89. The van der Waals surface area contributed by atoms with Gasteiger partial charge in [0.25, 0.3) is 0 Å². The van der Waals surface area contributed by atoms with E-state index in [0.717, 1.165) is 10.1 Å². The van der Waals surface area contributed by atoms with Gasteiger partial charge in [-0.05, 0) is 30.7 Å². The van der Waals surface area contributed by atoms with Gasteiger partial charge in [0.2, 0.25) is 0 Å². The third kappa shape index (κ3) is 4.43. The van der Waals surface area contributed by atoms with Gasteiger partial charge in [0, 0.05) is 5.02 Å². The SMILES string of the molecule is CC(OC(=O)COCc1ccccc1Cl)c1nc2ccccc2n1C(F)F. The fraction of sp³-hybridized carbons (Fsp3) is 0.263. The highest BCUT2D eigenvalue weighted by atomic mass is 35.5. The van der Waals surface area contributed by atoms with E-state index in [1.165, 1.54) is 6.92 Å². The Bertz CT molecular complexity index is 946. The van der Waals surface area contributed by atoms with Crippen LogP contribution in [0.15, 0.2) is 48.5 Å². The van der Waals surface area contributed by atoms with E-state index in [1.807, 2.05) is 0 Å². The van der Waals surface area contributed by atoms with E-state index in [2.05, 4.69) is 4.98 Å². The number of esters is 1. The summed E-state index contributed by atoms with van der Waals surface area (Å²) in [5, 5.41) is 0.532. The van der Waals surface area contributed by atoms with Crippen LogP contribution in [0.1, 0.15) is 31.0 Å². The smallest absolute Gasteiger partial charge is 0.332 e. The molecule has 142 valence electrons. The summed E-state index contributed by atoms with van der Waals surface area (Å²) in [5.41, 5.74) is 1.42. The first-order valence-electron chi connectivity index (χ1n) is 8.23. The normalized spacial score (nSPS) is 12.5. The van der Waals surface area contributed by atoms with Crippen molar-refractivity contribution in [2.24, 2.45) is 0 Å². The van der Waals surface area contributed by atoms with Crippen molar-refractivity contribution in [1.29, 1.82) is 0 Å². The summed E-state index contributed by atoms with van der Waals surface area (Å²) in [6, 6.07) is 13.6. The van der Waals surface area contributed by atoms with Crippen molar-refractivity contribution in [2.75, 3.05) is 6.61 Å². The van der Waals surface area contributed by atoms with Gasteiger partial charge in [-0.3, -0.25) is 4.57 Å². The number of benzene rings is 2. The molecule has 0 amide bonds. The summed E-state index contributed by atoms with van der Waals surface area (Å²) >= 11 is 6.01. The minimum absolute atomic E-state index is 0.0225. The highest BCUT2D eigenvalue weighted by molar-refractivity contribution is 6.31. The topological polar surface area (TPSA) is 53.4 Å². The molecule has 0 aliphatic carbocycles. The molecule has 1 heterocycles. The van der Waals surface area contributed by atoms with Crippen LogP contribution in [0.5, 0.6) is 0 Å². The van der Waals surface area contributed by atoms with Crippen LogP contribution < -0.4 is 0 Å². The van der Waals surface area contributed by atoms with Crippen LogP contribution in [0.3, 0.4) is 0 Å². The minimum atomic E-state index is -2.80. The molecule has 0 bridgehead atoms. The van der Waals surface area contributed by atoms with E-state index in [4.69, 9.17) is 21.1 Å². The first kappa shape index (κ1) is 19.3. The number of alkyl halides is 2. The number of hydrogen-bond acceptors (Lipinski definition) is 4. The van der Waals surface area contributed by atoms with Gasteiger partial charge < -0.3 is 9.47 Å². The third-order valence-electron chi connectivity index (χ3n) is 3.93. The van der Waals surface area contributed by atoms with Crippen molar-refractivity contribution in [2.45, 2.75) is 26.2 Å². The van der Waals surface area contributed by atoms with Crippen LogP contribution in [0, 0.1) is 0 Å². The number of para-hydroxylation sites is 2. The molecule has 5 nitrogen and oxygen atoms in total. The predicted octanol–water partition coefficient (Wildman–Crippen LogP) is 4.91. The third-order valence-corrected chi connectivity index (χ3v) is 4.29. The Morgan fingerprint density at radius 1 is 1.19 bits per heavy atom. The van der Waals surface area contributed by atoms with Crippen LogP contribution in [-0.2, 0) is 20.9 Å². The lowest BCUT2D eigenvalue weighted by Crippen LogP contribution is -2.18. The van der Waals surface area contributed by atoms with Gasteiger partial charge in [-0.1, -0.05) is 41.9 Å². The number of hydrogen-bond donors (Lipinski definition) is 0. The van der Waals surface area contributed by atoms with Gasteiger partial charge in [0.05, 0.1) is 17.6 Å². The maximum absolute atomic E-state index is 13.5. The first-order valence-corrected chi connectivity index (χ1v) is 8.61. The molecule has 0 fully saturated rings. The zero-order chi connectivity index (χ0) is 19.4. The molecule has 2 aromatic carbocycles. The van der Waals surface area contributed by atoms with E-state index < -0.39 is 18.6 Å². The van der Waals surface area contributed by atoms with Crippen LogP contribution in [-0.4, -0.2) is 22.1 Å². The van der Waals surface area contributed by atoms with E-state index in [0.29, 0.717) is 10.5 Å². The molecule has 1 aromatic heterocycles. The molecule has 0 saturated carbocycles. The molecule has 0 aliphatic rings. The molecular weight excluding hydrogens is 378 g/mol. The first-order chi connectivity index (χ1) is 13.0. The van der Waals surface area contributed by atoms with Crippen LogP contribution in [0.2, 0.25) is 5.02 Å². The Hall–Kier alpha value is -2.51. The van der Waals surface area contributed by atoms with Crippen molar-refractivity contribution >= 4 is 28.6 Å². The predicted molar refractivity (Wildman–Crippen MR) is 96.6 cm³/mol. The van der Waals surface area contributed by atoms with Crippen molar-refractivity contribution in [1.82, 2.24) is 9.55 Å². The second-order valence-corrected chi connectivity index (χ2v) is 6.23. The zero-order valence-corrected chi connectivity index (χ0v) is 15.2. The molecule has 0 N–H and O–H groups in total. The van der Waals surface area contributed by atoms with Crippen molar-refractivity contribution in [3.63, 3.8) is 0 Å². The number of carbonyl (C=O) groups is 1. The number of aromatic nitrogens is 2.